The third-order valence-electron chi connectivity index (χ3n) is 3.94. The van der Waals surface area contributed by atoms with Crippen molar-refractivity contribution in [3.8, 4) is 17.4 Å². The average molecular weight is 443 g/mol. The highest BCUT2D eigenvalue weighted by molar-refractivity contribution is 8.00. The van der Waals surface area contributed by atoms with Gasteiger partial charge >= 0.3 is 5.97 Å². The molecule has 3 atom stereocenters. The van der Waals surface area contributed by atoms with Crippen LogP contribution in [0.2, 0.25) is 10.0 Å². The first-order chi connectivity index (χ1) is 13.5. The van der Waals surface area contributed by atoms with Crippen molar-refractivity contribution in [2.45, 2.75) is 31.4 Å². The number of ether oxygens (including phenoxy) is 3. The molecule has 0 bridgehead atoms. The lowest BCUT2D eigenvalue weighted by Gasteiger charge is -2.21. The van der Waals surface area contributed by atoms with Gasteiger partial charge in [-0.3, -0.25) is 10.1 Å². The highest BCUT2D eigenvalue weighted by atomic mass is 35.5. The minimum Gasteiger partial charge on any atom is -0.488 e. The van der Waals surface area contributed by atoms with Gasteiger partial charge in [-0.15, -0.1) is 11.8 Å². The summed E-state index contributed by atoms with van der Waals surface area (Å²) in [6.07, 6.45) is 1.33. The number of halogens is 2. The molecule has 1 aliphatic rings. The molecule has 3 rings (SSSR count). The van der Waals surface area contributed by atoms with Gasteiger partial charge in [-0.2, -0.15) is 0 Å². The van der Waals surface area contributed by atoms with Crippen molar-refractivity contribution in [2.24, 2.45) is 0 Å². The molecule has 0 aliphatic carbocycles. The zero-order valence-corrected chi connectivity index (χ0v) is 17.7. The SMILES string of the molecule is CCOC(=O)C1CS[C@H](C(C)Oc2ccc(Oc3ncc(Cl)cc3Cl)cc2)N1. The van der Waals surface area contributed by atoms with Gasteiger partial charge in [0.1, 0.15) is 28.7 Å². The normalized spacial score (nSPS) is 19.9. The number of carbonyl (C=O) groups is 1. The van der Waals surface area contributed by atoms with E-state index in [1.165, 1.54) is 6.20 Å². The van der Waals surface area contributed by atoms with Crippen LogP contribution < -0.4 is 14.8 Å². The molecule has 1 aromatic heterocycles. The largest absolute Gasteiger partial charge is 0.488 e. The first-order valence-corrected chi connectivity index (χ1v) is 10.6. The Morgan fingerprint density at radius 2 is 2.04 bits per heavy atom. The Morgan fingerprint density at radius 3 is 2.71 bits per heavy atom. The van der Waals surface area contributed by atoms with Crippen LogP contribution in [0.3, 0.4) is 0 Å². The zero-order valence-electron chi connectivity index (χ0n) is 15.4. The third-order valence-corrected chi connectivity index (χ3v) is 5.82. The van der Waals surface area contributed by atoms with E-state index in [2.05, 4.69) is 10.3 Å². The van der Waals surface area contributed by atoms with Crippen molar-refractivity contribution < 1.29 is 19.0 Å². The van der Waals surface area contributed by atoms with E-state index in [0.717, 1.165) is 0 Å². The van der Waals surface area contributed by atoms with Gasteiger partial charge in [-0.05, 0) is 44.2 Å². The number of thioether (sulfide) groups is 1. The van der Waals surface area contributed by atoms with Crippen molar-refractivity contribution in [1.29, 1.82) is 0 Å². The Balaban J connectivity index is 1.54. The fourth-order valence-corrected chi connectivity index (χ4v) is 4.23. The van der Waals surface area contributed by atoms with Crippen LogP contribution in [-0.2, 0) is 9.53 Å². The maximum Gasteiger partial charge on any atom is 0.324 e. The molecule has 150 valence electrons. The molecule has 1 N–H and O–H groups in total. The van der Waals surface area contributed by atoms with Crippen LogP contribution in [0.4, 0.5) is 0 Å². The van der Waals surface area contributed by atoms with Crippen LogP contribution in [0.1, 0.15) is 13.8 Å². The summed E-state index contributed by atoms with van der Waals surface area (Å²) >= 11 is 13.5. The second-order valence-corrected chi connectivity index (χ2v) is 8.08. The molecule has 1 aromatic carbocycles. The fourth-order valence-electron chi connectivity index (χ4n) is 2.60. The van der Waals surface area contributed by atoms with Crippen molar-refractivity contribution in [1.82, 2.24) is 10.3 Å². The van der Waals surface area contributed by atoms with Crippen LogP contribution in [0.15, 0.2) is 36.5 Å². The molecule has 0 saturated carbocycles. The van der Waals surface area contributed by atoms with Crippen LogP contribution >= 0.6 is 35.0 Å². The van der Waals surface area contributed by atoms with Crippen molar-refractivity contribution in [2.75, 3.05) is 12.4 Å². The lowest BCUT2D eigenvalue weighted by Crippen LogP contribution is -2.43. The summed E-state index contributed by atoms with van der Waals surface area (Å²) < 4.78 is 16.7. The highest BCUT2D eigenvalue weighted by Crippen LogP contribution is 2.31. The second-order valence-electron chi connectivity index (χ2n) is 6.06. The maximum atomic E-state index is 11.8. The van der Waals surface area contributed by atoms with E-state index in [1.54, 1.807) is 49.0 Å². The monoisotopic (exact) mass is 442 g/mol. The number of rotatable bonds is 7. The lowest BCUT2D eigenvalue weighted by molar-refractivity contribution is -0.144. The summed E-state index contributed by atoms with van der Waals surface area (Å²) in [6, 6.07) is 8.42. The van der Waals surface area contributed by atoms with E-state index in [1.807, 2.05) is 6.92 Å². The summed E-state index contributed by atoms with van der Waals surface area (Å²) in [4.78, 5) is 15.9. The van der Waals surface area contributed by atoms with Gasteiger partial charge < -0.3 is 14.2 Å². The Hall–Kier alpha value is -1.67. The molecule has 9 heteroatoms. The maximum absolute atomic E-state index is 11.8. The summed E-state index contributed by atoms with van der Waals surface area (Å²) in [5, 5.41) is 4.04. The van der Waals surface area contributed by atoms with Crippen molar-refractivity contribution in [3.63, 3.8) is 0 Å². The van der Waals surface area contributed by atoms with Gasteiger partial charge in [0, 0.05) is 11.9 Å². The second kappa shape index (κ2) is 9.69. The van der Waals surface area contributed by atoms with Gasteiger partial charge in [0.25, 0.3) is 0 Å². The summed E-state index contributed by atoms with van der Waals surface area (Å²) in [6.45, 7) is 4.14. The Bertz CT molecular complexity index is 822. The van der Waals surface area contributed by atoms with E-state index in [0.29, 0.717) is 33.9 Å². The van der Waals surface area contributed by atoms with Gasteiger partial charge in [0.2, 0.25) is 5.88 Å². The number of hydrogen-bond acceptors (Lipinski definition) is 7. The van der Waals surface area contributed by atoms with E-state index in [4.69, 9.17) is 37.4 Å². The molecule has 1 saturated heterocycles. The molecule has 1 fully saturated rings. The molecule has 0 spiro atoms. The van der Waals surface area contributed by atoms with Crippen molar-refractivity contribution >= 4 is 40.9 Å². The number of hydrogen-bond donors (Lipinski definition) is 1. The number of nitrogens with zero attached hydrogens (tertiary/aromatic N) is 1. The molecule has 2 aromatic rings. The highest BCUT2D eigenvalue weighted by Gasteiger charge is 2.34. The number of pyridine rings is 1. The van der Waals surface area contributed by atoms with Gasteiger partial charge in [0.05, 0.1) is 17.0 Å². The number of aromatic nitrogens is 1. The number of carbonyl (C=O) groups excluding carboxylic acids is 1. The molecule has 2 unspecified atom stereocenters. The summed E-state index contributed by atoms with van der Waals surface area (Å²) in [5.74, 6) is 1.99. The minimum absolute atomic E-state index is 0.00223. The molecular formula is C19H20Cl2N2O4S. The van der Waals surface area contributed by atoms with Gasteiger partial charge in [-0.1, -0.05) is 23.2 Å². The first-order valence-electron chi connectivity index (χ1n) is 8.76. The molecule has 0 amide bonds. The summed E-state index contributed by atoms with van der Waals surface area (Å²) in [5.41, 5.74) is 0. The zero-order chi connectivity index (χ0) is 20.1. The topological polar surface area (TPSA) is 69.7 Å². The van der Waals surface area contributed by atoms with Gasteiger partial charge in [0.15, 0.2) is 0 Å². The van der Waals surface area contributed by atoms with E-state index in [-0.39, 0.29) is 29.4 Å². The van der Waals surface area contributed by atoms with Crippen LogP contribution in [0.5, 0.6) is 17.4 Å². The Kier molecular flexibility index (Phi) is 7.29. The molecule has 1 aliphatic heterocycles. The third kappa shape index (κ3) is 5.44. The fraction of sp³-hybridized carbons (Fsp3) is 0.368. The Labute approximate surface area is 177 Å². The quantitative estimate of drug-likeness (QED) is 0.630. The predicted octanol–water partition coefficient (Wildman–Crippen LogP) is 4.54. The van der Waals surface area contributed by atoms with Crippen LogP contribution in [0.25, 0.3) is 0 Å². The molecule has 28 heavy (non-hydrogen) atoms. The number of esters is 1. The van der Waals surface area contributed by atoms with E-state index in [9.17, 15) is 4.79 Å². The smallest absolute Gasteiger partial charge is 0.324 e. The first kappa shape index (κ1) is 21.0. The Morgan fingerprint density at radius 1 is 1.32 bits per heavy atom. The lowest BCUT2D eigenvalue weighted by atomic mass is 10.3. The molecular weight excluding hydrogens is 423 g/mol. The number of benzene rings is 1. The van der Waals surface area contributed by atoms with Crippen molar-refractivity contribution in [3.05, 3.63) is 46.6 Å². The molecule has 6 nitrogen and oxygen atoms in total. The standard InChI is InChI=1S/C19H20Cl2N2O4S/c1-3-25-19(24)16-10-28-18(23-16)11(2)26-13-4-6-14(7-5-13)27-17-15(21)8-12(20)9-22-17/h4-9,11,16,18,23H,3,10H2,1-2H3/t11?,16?,18-/m1/s1. The van der Waals surface area contributed by atoms with Crippen LogP contribution in [0, 0.1) is 0 Å². The molecule has 0 radical (unpaired) electrons. The summed E-state index contributed by atoms with van der Waals surface area (Å²) in [7, 11) is 0. The van der Waals surface area contributed by atoms with Crippen LogP contribution in [-0.4, -0.2) is 40.8 Å². The van der Waals surface area contributed by atoms with E-state index >= 15 is 0 Å². The van der Waals surface area contributed by atoms with Gasteiger partial charge in [-0.25, -0.2) is 4.98 Å². The van der Waals surface area contributed by atoms with E-state index < -0.39 is 0 Å². The average Bonchev–Trinajstić information content (AvgIpc) is 3.16. The minimum atomic E-state index is -0.298. The number of nitrogens with one attached hydrogen (secondary N) is 1. The molecule has 2 heterocycles. The predicted molar refractivity (Wildman–Crippen MR) is 111 cm³/mol.